The molecule has 0 spiro atoms. The van der Waals surface area contributed by atoms with Crippen LogP contribution in [0.15, 0.2) is 18.5 Å². The second-order valence-electron chi connectivity index (χ2n) is 3.63. The van der Waals surface area contributed by atoms with Gasteiger partial charge in [-0.25, -0.2) is 0 Å². The Labute approximate surface area is 101 Å². The van der Waals surface area contributed by atoms with Gasteiger partial charge < -0.3 is 4.74 Å². The lowest BCUT2D eigenvalue weighted by Crippen LogP contribution is -2.06. The van der Waals surface area contributed by atoms with E-state index in [2.05, 4.69) is 18.8 Å². The number of thioether (sulfide) groups is 1. The summed E-state index contributed by atoms with van der Waals surface area (Å²) in [6.07, 6.45) is 3.21. The van der Waals surface area contributed by atoms with Crippen molar-refractivity contribution in [3.63, 3.8) is 0 Å². The molecule has 3 nitrogen and oxygen atoms in total. The quantitative estimate of drug-likeness (QED) is 0.716. The molecule has 1 rings (SSSR count). The van der Waals surface area contributed by atoms with Crippen LogP contribution in [0.1, 0.15) is 31.1 Å². The maximum atomic E-state index is 11.8. The van der Waals surface area contributed by atoms with Crippen LogP contribution in [0.3, 0.4) is 0 Å². The van der Waals surface area contributed by atoms with E-state index in [1.807, 2.05) is 6.92 Å². The van der Waals surface area contributed by atoms with E-state index in [-0.39, 0.29) is 5.78 Å². The number of pyridine rings is 1. The van der Waals surface area contributed by atoms with E-state index in [0.29, 0.717) is 28.9 Å². The molecule has 0 aliphatic heterocycles. The Hall–Kier alpha value is -1.03. The molecule has 0 N–H and O–H groups in total. The fourth-order valence-electron chi connectivity index (χ4n) is 1.14. The Morgan fingerprint density at radius 1 is 1.50 bits per heavy atom. The van der Waals surface area contributed by atoms with Crippen molar-refractivity contribution in [1.29, 1.82) is 0 Å². The van der Waals surface area contributed by atoms with Crippen LogP contribution in [-0.2, 0) is 0 Å². The smallest absolute Gasteiger partial charge is 0.174 e. The van der Waals surface area contributed by atoms with E-state index >= 15 is 0 Å². The summed E-state index contributed by atoms with van der Waals surface area (Å²) in [5, 5.41) is 0.465. The van der Waals surface area contributed by atoms with Gasteiger partial charge in [-0.05, 0) is 18.2 Å². The monoisotopic (exact) mass is 239 g/mol. The highest BCUT2D eigenvalue weighted by molar-refractivity contribution is 8.00. The number of nitrogens with zero attached hydrogens (tertiary/aromatic N) is 1. The number of hydrogen-bond donors (Lipinski definition) is 0. The van der Waals surface area contributed by atoms with Gasteiger partial charge in [0.15, 0.2) is 5.78 Å². The zero-order valence-corrected chi connectivity index (χ0v) is 10.7. The zero-order valence-electron chi connectivity index (χ0n) is 9.90. The summed E-state index contributed by atoms with van der Waals surface area (Å²) in [6, 6.07) is 1.75. The third-order valence-corrected chi connectivity index (χ3v) is 2.99. The summed E-state index contributed by atoms with van der Waals surface area (Å²) in [5.41, 5.74) is 0.624. The highest BCUT2D eigenvalue weighted by atomic mass is 32.2. The number of aromatic nitrogens is 1. The molecular formula is C12H17NO2S. The van der Waals surface area contributed by atoms with Crippen LogP contribution < -0.4 is 4.74 Å². The number of ether oxygens (including phenoxy) is 1. The molecule has 0 fully saturated rings. The molecule has 0 bridgehead atoms. The molecule has 1 aromatic rings. The zero-order chi connectivity index (χ0) is 12.0. The predicted octanol–water partition coefficient (Wildman–Crippen LogP) is 2.80. The second kappa shape index (κ2) is 6.53. The molecule has 0 aliphatic rings. The van der Waals surface area contributed by atoms with Crippen molar-refractivity contribution in [3.8, 4) is 5.75 Å². The molecule has 0 amide bonds. The van der Waals surface area contributed by atoms with E-state index in [9.17, 15) is 4.79 Å². The fourth-order valence-corrected chi connectivity index (χ4v) is 1.79. The molecule has 0 aliphatic carbocycles. The van der Waals surface area contributed by atoms with Gasteiger partial charge >= 0.3 is 0 Å². The van der Waals surface area contributed by atoms with E-state index < -0.39 is 0 Å². The van der Waals surface area contributed by atoms with Crippen LogP contribution in [0.5, 0.6) is 5.75 Å². The first-order valence-electron chi connectivity index (χ1n) is 5.36. The Kier molecular flexibility index (Phi) is 5.32. The number of Topliss-reactive ketones (excluding diaryl/α,β-unsaturated/α-hetero) is 1. The maximum Gasteiger partial charge on any atom is 0.174 e. The van der Waals surface area contributed by atoms with Gasteiger partial charge in [-0.3, -0.25) is 9.78 Å². The van der Waals surface area contributed by atoms with Gasteiger partial charge in [0, 0.05) is 11.8 Å². The van der Waals surface area contributed by atoms with Gasteiger partial charge in [0.25, 0.3) is 0 Å². The molecule has 16 heavy (non-hydrogen) atoms. The minimum atomic E-state index is 0.104. The Morgan fingerprint density at radius 3 is 2.88 bits per heavy atom. The van der Waals surface area contributed by atoms with E-state index in [4.69, 9.17) is 4.74 Å². The molecule has 0 unspecified atom stereocenters. The maximum absolute atomic E-state index is 11.8. The van der Waals surface area contributed by atoms with Crippen molar-refractivity contribution in [3.05, 3.63) is 24.0 Å². The first-order valence-corrected chi connectivity index (χ1v) is 6.41. The minimum Gasteiger partial charge on any atom is -0.492 e. The number of carbonyl (C=O) groups is 1. The lowest BCUT2D eigenvalue weighted by Gasteiger charge is -2.06. The van der Waals surface area contributed by atoms with Gasteiger partial charge in [0.05, 0.1) is 18.6 Å². The van der Waals surface area contributed by atoms with Crippen molar-refractivity contribution in [1.82, 2.24) is 4.98 Å². The largest absolute Gasteiger partial charge is 0.492 e. The molecule has 0 saturated carbocycles. The van der Waals surface area contributed by atoms with Crippen molar-refractivity contribution in [2.24, 2.45) is 0 Å². The summed E-state index contributed by atoms with van der Waals surface area (Å²) in [7, 11) is 0. The number of hydrogen-bond acceptors (Lipinski definition) is 4. The topological polar surface area (TPSA) is 39.2 Å². The number of rotatable bonds is 6. The normalized spacial score (nSPS) is 10.5. The van der Waals surface area contributed by atoms with Crippen molar-refractivity contribution >= 4 is 17.5 Å². The van der Waals surface area contributed by atoms with Crippen LogP contribution in [0.2, 0.25) is 0 Å². The second-order valence-corrected chi connectivity index (χ2v) is 5.19. The minimum absolute atomic E-state index is 0.104. The molecule has 0 atom stereocenters. The van der Waals surface area contributed by atoms with Gasteiger partial charge in [-0.15, -0.1) is 0 Å². The summed E-state index contributed by atoms with van der Waals surface area (Å²) >= 11 is 1.64. The third kappa shape index (κ3) is 4.23. The van der Waals surface area contributed by atoms with Crippen LogP contribution in [0, 0.1) is 0 Å². The van der Waals surface area contributed by atoms with Gasteiger partial charge in [-0.1, -0.05) is 13.8 Å². The van der Waals surface area contributed by atoms with Crippen molar-refractivity contribution in [2.75, 3.05) is 12.4 Å². The van der Waals surface area contributed by atoms with Crippen LogP contribution in [0.25, 0.3) is 0 Å². The van der Waals surface area contributed by atoms with Crippen LogP contribution >= 0.6 is 11.8 Å². The first-order chi connectivity index (χ1) is 7.63. The molecule has 4 heteroatoms. The first kappa shape index (κ1) is 13.0. The number of ketones is 1. The standard InChI is InChI=1S/C12H17NO2S/c1-4-15-11-5-10(6-13-7-11)12(14)8-16-9(2)3/h5-7,9H,4,8H2,1-3H3. The highest BCUT2D eigenvalue weighted by Gasteiger charge is 2.08. The summed E-state index contributed by atoms with van der Waals surface area (Å²) < 4.78 is 5.30. The Bertz CT molecular complexity index is 353. The van der Waals surface area contributed by atoms with Gasteiger partial charge in [0.2, 0.25) is 0 Å². The average Bonchev–Trinajstić information content (AvgIpc) is 2.26. The fraction of sp³-hybridized carbons (Fsp3) is 0.500. The lowest BCUT2D eigenvalue weighted by atomic mass is 10.2. The summed E-state index contributed by atoms with van der Waals surface area (Å²) in [6.45, 7) is 6.64. The highest BCUT2D eigenvalue weighted by Crippen LogP contribution is 2.15. The van der Waals surface area contributed by atoms with E-state index in [0.717, 1.165) is 0 Å². The Balaban J connectivity index is 2.64. The van der Waals surface area contributed by atoms with Crippen LogP contribution in [-0.4, -0.2) is 28.4 Å². The van der Waals surface area contributed by atoms with E-state index in [1.165, 1.54) is 0 Å². The van der Waals surface area contributed by atoms with Crippen molar-refractivity contribution < 1.29 is 9.53 Å². The molecule has 88 valence electrons. The number of carbonyl (C=O) groups excluding carboxylic acids is 1. The van der Waals surface area contributed by atoms with Gasteiger partial charge in [0.1, 0.15) is 5.75 Å². The molecule has 1 heterocycles. The lowest BCUT2D eigenvalue weighted by molar-refractivity contribution is 0.102. The predicted molar refractivity (Wildman–Crippen MR) is 67.3 cm³/mol. The molecule has 0 aromatic carbocycles. The van der Waals surface area contributed by atoms with E-state index in [1.54, 1.807) is 30.2 Å². The molecule has 0 saturated heterocycles. The molecular weight excluding hydrogens is 222 g/mol. The molecule has 1 aromatic heterocycles. The third-order valence-electron chi connectivity index (χ3n) is 1.89. The molecule has 0 radical (unpaired) electrons. The summed E-state index contributed by atoms with van der Waals surface area (Å²) in [4.78, 5) is 15.8. The van der Waals surface area contributed by atoms with Crippen molar-refractivity contribution in [2.45, 2.75) is 26.0 Å². The van der Waals surface area contributed by atoms with Crippen LogP contribution in [0.4, 0.5) is 0 Å². The average molecular weight is 239 g/mol. The Morgan fingerprint density at radius 2 is 2.25 bits per heavy atom. The summed E-state index contributed by atoms with van der Waals surface area (Å²) in [5.74, 6) is 1.25. The van der Waals surface area contributed by atoms with Gasteiger partial charge in [-0.2, -0.15) is 11.8 Å². The SMILES string of the molecule is CCOc1cncc(C(=O)CSC(C)C)c1.